The van der Waals surface area contributed by atoms with Gasteiger partial charge in [0, 0.05) is 12.5 Å². The highest BCUT2D eigenvalue weighted by molar-refractivity contribution is 6.32. The minimum absolute atomic E-state index is 0.0821. The van der Waals surface area contributed by atoms with Gasteiger partial charge in [-0.25, -0.2) is 0 Å². The molecule has 0 bridgehead atoms. The van der Waals surface area contributed by atoms with E-state index in [0.29, 0.717) is 17.2 Å². The summed E-state index contributed by atoms with van der Waals surface area (Å²) in [5, 5.41) is 0.558. The Balaban J connectivity index is 2.48. The molecule has 0 fully saturated rings. The lowest BCUT2D eigenvalue weighted by Gasteiger charge is -2.13. The highest BCUT2D eigenvalue weighted by atomic mass is 35.5. The molecule has 0 aliphatic heterocycles. The molecule has 0 aliphatic rings. The lowest BCUT2D eigenvalue weighted by atomic mass is 10.0. The summed E-state index contributed by atoms with van der Waals surface area (Å²) in [6, 6.07) is 5.45. The normalized spacial score (nSPS) is 12.2. The van der Waals surface area contributed by atoms with Gasteiger partial charge in [0.1, 0.15) is 5.75 Å². The third-order valence-corrected chi connectivity index (χ3v) is 3.09. The molecule has 0 saturated carbocycles. The molecule has 4 nitrogen and oxygen atoms in total. The predicted octanol–water partition coefficient (Wildman–Crippen LogP) is 2.39. The average molecular weight is 271 g/mol. The molecule has 100 valence electrons. The van der Waals surface area contributed by atoms with Crippen LogP contribution >= 0.6 is 11.6 Å². The molecule has 1 unspecified atom stereocenters. The fourth-order valence-electron chi connectivity index (χ4n) is 1.74. The summed E-state index contributed by atoms with van der Waals surface area (Å²) in [5.74, 6) is 0.373. The Kier molecular flexibility index (Phi) is 5.95. The van der Waals surface area contributed by atoms with E-state index >= 15 is 0 Å². The number of halogens is 1. The molecule has 0 aliphatic carbocycles. The van der Waals surface area contributed by atoms with Gasteiger partial charge in [0.2, 0.25) is 5.91 Å². The fourth-order valence-corrected chi connectivity index (χ4v) is 2.01. The molecule has 18 heavy (non-hydrogen) atoms. The van der Waals surface area contributed by atoms with Crippen LogP contribution in [0, 0.1) is 0 Å². The van der Waals surface area contributed by atoms with Gasteiger partial charge >= 0.3 is 0 Å². The van der Waals surface area contributed by atoms with Gasteiger partial charge in [0.15, 0.2) is 0 Å². The Morgan fingerprint density at radius 2 is 2.17 bits per heavy atom. The van der Waals surface area contributed by atoms with Crippen LogP contribution in [-0.2, 0) is 4.79 Å². The topological polar surface area (TPSA) is 78.3 Å². The second-order valence-corrected chi connectivity index (χ2v) is 4.62. The van der Waals surface area contributed by atoms with Crippen molar-refractivity contribution >= 4 is 17.5 Å². The van der Waals surface area contributed by atoms with Gasteiger partial charge in [-0.1, -0.05) is 24.1 Å². The van der Waals surface area contributed by atoms with Crippen LogP contribution in [0.4, 0.5) is 0 Å². The number of methoxy groups -OCH3 is 1. The van der Waals surface area contributed by atoms with E-state index < -0.39 is 0 Å². The van der Waals surface area contributed by atoms with Crippen LogP contribution in [-0.4, -0.2) is 13.0 Å². The Hall–Kier alpha value is -1.26. The Bertz CT molecular complexity index is 410. The molecule has 0 radical (unpaired) electrons. The molecule has 1 amide bonds. The number of hydrogen-bond acceptors (Lipinski definition) is 3. The number of ether oxygens (including phenoxy) is 1. The number of carbonyl (C=O) groups is 1. The summed E-state index contributed by atoms with van der Waals surface area (Å²) < 4.78 is 5.08. The van der Waals surface area contributed by atoms with Crippen molar-refractivity contribution in [2.75, 3.05) is 7.11 Å². The Morgan fingerprint density at radius 1 is 1.44 bits per heavy atom. The van der Waals surface area contributed by atoms with Crippen LogP contribution in [0.1, 0.15) is 37.3 Å². The number of rotatable bonds is 7. The van der Waals surface area contributed by atoms with Crippen molar-refractivity contribution in [1.82, 2.24) is 0 Å². The zero-order valence-corrected chi connectivity index (χ0v) is 11.2. The van der Waals surface area contributed by atoms with E-state index in [0.717, 1.165) is 24.8 Å². The average Bonchev–Trinajstić information content (AvgIpc) is 2.34. The second kappa shape index (κ2) is 7.24. The van der Waals surface area contributed by atoms with Crippen molar-refractivity contribution in [1.29, 1.82) is 0 Å². The number of carbonyl (C=O) groups excluding carboxylic acids is 1. The van der Waals surface area contributed by atoms with Gasteiger partial charge < -0.3 is 16.2 Å². The van der Waals surface area contributed by atoms with Gasteiger partial charge in [-0.3, -0.25) is 4.79 Å². The van der Waals surface area contributed by atoms with E-state index in [9.17, 15) is 4.79 Å². The van der Waals surface area contributed by atoms with Crippen molar-refractivity contribution in [3.8, 4) is 5.75 Å². The third-order valence-electron chi connectivity index (χ3n) is 2.79. The van der Waals surface area contributed by atoms with Gasteiger partial charge in [-0.2, -0.15) is 0 Å². The molecule has 0 spiro atoms. The van der Waals surface area contributed by atoms with Crippen molar-refractivity contribution in [2.45, 2.75) is 31.7 Å². The van der Waals surface area contributed by atoms with Crippen molar-refractivity contribution in [2.24, 2.45) is 11.5 Å². The standard InChI is InChI=1S/C13H19ClN2O2/c1-18-12-7-6-9(8-10(12)14)11(15)4-2-3-5-13(16)17/h6-8,11H,2-5,15H2,1H3,(H2,16,17). The summed E-state index contributed by atoms with van der Waals surface area (Å²) in [7, 11) is 1.57. The number of amides is 1. The van der Waals surface area contributed by atoms with E-state index in [-0.39, 0.29) is 11.9 Å². The SMILES string of the molecule is COc1ccc(C(N)CCCCC(N)=O)cc1Cl. The first-order valence-electron chi connectivity index (χ1n) is 5.92. The van der Waals surface area contributed by atoms with Crippen LogP contribution in [0.15, 0.2) is 18.2 Å². The largest absolute Gasteiger partial charge is 0.495 e. The number of nitrogens with two attached hydrogens (primary N) is 2. The van der Waals surface area contributed by atoms with Crippen molar-refractivity contribution < 1.29 is 9.53 Å². The number of hydrogen-bond donors (Lipinski definition) is 2. The van der Waals surface area contributed by atoms with Crippen LogP contribution in [0.2, 0.25) is 5.02 Å². The van der Waals surface area contributed by atoms with Crippen molar-refractivity contribution in [3.63, 3.8) is 0 Å². The molecule has 0 heterocycles. The smallest absolute Gasteiger partial charge is 0.217 e. The van der Waals surface area contributed by atoms with Crippen LogP contribution in [0.25, 0.3) is 0 Å². The number of unbranched alkanes of at least 4 members (excludes halogenated alkanes) is 1. The molecule has 0 saturated heterocycles. The minimum Gasteiger partial charge on any atom is -0.495 e. The maximum Gasteiger partial charge on any atom is 0.217 e. The maximum absolute atomic E-state index is 10.6. The van der Waals surface area contributed by atoms with Gasteiger partial charge in [-0.15, -0.1) is 0 Å². The summed E-state index contributed by atoms with van der Waals surface area (Å²) in [4.78, 5) is 10.6. The number of benzene rings is 1. The van der Waals surface area contributed by atoms with Crippen LogP contribution in [0.3, 0.4) is 0 Å². The Morgan fingerprint density at radius 3 is 2.72 bits per heavy atom. The zero-order chi connectivity index (χ0) is 13.5. The number of primary amides is 1. The highest BCUT2D eigenvalue weighted by Crippen LogP contribution is 2.28. The quantitative estimate of drug-likeness (QED) is 0.747. The lowest BCUT2D eigenvalue weighted by Crippen LogP contribution is -2.12. The minimum atomic E-state index is -0.268. The monoisotopic (exact) mass is 270 g/mol. The molecular weight excluding hydrogens is 252 g/mol. The summed E-state index contributed by atoms with van der Waals surface area (Å²) in [6.45, 7) is 0. The predicted molar refractivity (Wildman–Crippen MR) is 72.6 cm³/mol. The van der Waals surface area contributed by atoms with E-state index in [4.69, 9.17) is 27.8 Å². The first-order chi connectivity index (χ1) is 8.54. The third kappa shape index (κ3) is 4.55. The molecule has 1 rings (SSSR count). The lowest BCUT2D eigenvalue weighted by molar-refractivity contribution is -0.118. The van der Waals surface area contributed by atoms with Crippen molar-refractivity contribution in [3.05, 3.63) is 28.8 Å². The van der Waals surface area contributed by atoms with E-state index in [1.165, 1.54) is 0 Å². The van der Waals surface area contributed by atoms with E-state index in [2.05, 4.69) is 0 Å². The molecular formula is C13H19ClN2O2. The molecule has 0 aromatic heterocycles. The summed E-state index contributed by atoms with van der Waals surface area (Å²) in [6.07, 6.45) is 2.85. The van der Waals surface area contributed by atoms with E-state index in [1.54, 1.807) is 13.2 Å². The van der Waals surface area contributed by atoms with Crippen LogP contribution in [0.5, 0.6) is 5.75 Å². The van der Waals surface area contributed by atoms with Gasteiger partial charge in [0.25, 0.3) is 0 Å². The van der Waals surface area contributed by atoms with Crippen LogP contribution < -0.4 is 16.2 Å². The molecule has 1 atom stereocenters. The zero-order valence-electron chi connectivity index (χ0n) is 10.5. The molecule has 1 aromatic rings. The summed E-state index contributed by atoms with van der Waals surface area (Å²) in [5.41, 5.74) is 12.1. The Labute approximate surface area is 112 Å². The maximum atomic E-state index is 10.6. The molecule has 5 heteroatoms. The van der Waals surface area contributed by atoms with E-state index in [1.807, 2.05) is 12.1 Å². The second-order valence-electron chi connectivity index (χ2n) is 4.21. The summed E-state index contributed by atoms with van der Waals surface area (Å²) >= 11 is 6.03. The molecule has 1 aromatic carbocycles. The molecule has 4 N–H and O–H groups in total. The highest BCUT2D eigenvalue weighted by Gasteiger charge is 2.09. The first kappa shape index (κ1) is 14.8. The first-order valence-corrected chi connectivity index (χ1v) is 6.29. The van der Waals surface area contributed by atoms with Gasteiger partial charge in [-0.05, 0) is 30.5 Å². The van der Waals surface area contributed by atoms with Gasteiger partial charge in [0.05, 0.1) is 12.1 Å². The fraction of sp³-hybridized carbons (Fsp3) is 0.462.